The Labute approximate surface area is 148 Å². The van der Waals surface area contributed by atoms with Gasteiger partial charge in [-0.05, 0) is 55.3 Å². The van der Waals surface area contributed by atoms with Crippen LogP contribution in [-0.2, 0) is 11.2 Å². The van der Waals surface area contributed by atoms with Crippen LogP contribution in [0.4, 0.5) is 5.69 Å². The van der Waals surface area contributed by atoms with Crippen LogP contribution in [0, 0.1) is 6.92 Å². The molecule has 0 aliphatic carbocycles. The highest BCUT2D eigenvalue weighted by molar-refractivity contribution is 6.31. The zero-order valence-electron chi connectivity index (χ0n) is 14.1. The van der Waals surface area contributed by atoms with Crippen molar-refractivity contribution in [2.45, 2.75) is 19.8 Å². The van der Waals surface area contributed by atoms with Gasteiger partial charge >= 0.3 is 0 Å². The van der Waals surface area contributed by atoms with Crippen molar-refractivity contribution in [1.29, 1.82) is 0 Å². The van der Waals surface area contributed by atoms with Crippen LogP contribution in [0.5, 0.6) is 5.75 Å². The second kappa shape index (κ2) is 9.30. The van der Waals surface area contributed by atoms with E-state index in [4.69, 9.17) is 16.3 Å². The van der Waals surface area contributed by atoms with Crippen molar-refractivity contribution in [3.63, 3.8) is 0 Å². The quantitative estimate of drug-likeness (QED) is 0.714. The van der Waals surface area contributed by atoms with E-state index in [0.29, 0.717) is 18.0 Å². The normalized spacial score (nSPS) is 10.5. The predicted molar refractivity (Wildman–Crippen MR) is 99.0 cm³/mol. The van der Waals surface area contributed by atoms with Crippen molar-refractivity contribution < 1.29 is 9.53 Å². The van der Waals surface area contributed by atoms with E-state index in [2.05, 4.69) is 16.7 Å². The Balaban J connectivity index is 1.66. The van der Waals surface area contributed by atoms with E-state index in [1.54, 1.807) is 13.2 Å². The molecule has 0 radical (unpaired) electrons. The number of anilines is 1. The lowest BCUT2D eigenvalue weighted by atomic mass is 10.1. The summed E-state index contributed by atoms with van der Waals surface area (Å²) < 4.78 is 5.20. The van der Waals surface area contributed by atoms with Gasteiger partial charge in [0.1, 0.15) is 5.75 Å². The summed E-state index contributed by atoms with van der Waals surface area (Å²) in [5.74, 6) is 0.840. The Morgan fingerprint density at radius 1 is 1.17 bits per heavy atom. The largest absolute Gasteiger partial charge is 0.497 e. The number of carbonyl (C=O) groups excluding carboxylic acids is 1. The fraction of sp³-hybridized carbons (Fsp3) is 0.316. The van der Waals surface area contributed by atoms with E-state index in [-0.39, 0.29) is 5.91 Å². The Bertz CT molecular complexity index is 689. The van der Waals surface area contributed by atoms with Gasteiger partial charge in [0, 0.05) is 23.7 Å². The number of carbonyl (C=O) groups is 1. The molecule has 0 aromatic heterocycles. The second-order valence-corrected chi connectivity index (χ2v) is 6.02. The third-order valence-corrected chi connectivity index (χ3v) is 4.12. The molecule has 0 heterocycles. The standard InChI is InChI=1S/C19H23ClN2O2/c1-14-6-7-16(13-18(14)20)22-19(23)9-11-21-10-8-15-4-3-5-17(12-15)24-2/h3-7,12-13,21H,8-11H2,1-2H3,(H,22,23). The maximum atomic E-state index is 11.9. The Hall–Kier alpha value is -2.04. The maximum Gasteiger partial charge on any atom is 0.225 e. The molecule has 1 amide bonds. The molecule has 2 aromatic carbocycles. The molecule has 24 heavy (non-hydrogen) atoms. The van der Waals surface area contributed by atoms with Gasteiger partial charge in [-0.1, -0.05) is 29.8 Å². The minimum atomic E-state index is -0.0243. The van der Waals surface area contributed by atoms with E-state index in [9.17, 15) is 4.79 Å². The first-order valence-electron chi connectivity index (χ1n) is 7.98. The molecule has 0 fully saturated rings. The molecule has 5 heteroatoms. The minimum Gasteiger partial charge on any atom is -0.497 e. The third-order valence-electron chi connectivity index (χ3n) is 3.71. The van der Waals surface area contributed by atoms with Crippen LogP contribution < -0.4 is 15.4 Å². The zero-order valence-corrected chi connectivity index (χ0v) is 14.8. The van der Waals surface area contributed by atoms with Gasteiger partial charge in [0.2, 0.25) is 5.91 Å². The van der Waals surface area contributed by atoms with Crippen LogP contribution >= 0.6 is 11.6 Å². The number of benzene rings is 2. The molecule has 0 aliphatic rings. The van der Waals surface area contributed by atoms with Crippen LogP contribution in [-0.4, -0.2) is 26.1 Å². The summed E-state index contributed by atoms with van der Waals surface area (Å²) in [6.45, 7) is 3.38. The first-order chi connectivity index (χ1) is 11.6. The summed E-state index contributed by atoms with van der Waals surface area (Å²) >= 11 is 6.05. The van der Waals surface area contributed by atoms with Crippen LogP contribution in [0.3, 0.4) is 0 Å². The van der Waals surface area contributed by atoms with Gasteiger partial charge in [-0.3, -0.25) is 4.79 Å². The number of halogens is 1. The van der Waals surface area contributed by atoms with Gasteiger partial charge in [0.25, 0.3) is 0 Å². The lowest BCUT2D eigenvalue weighted by Crippen LogP contribution is -2.23. The highest BCUT2D eigenvalue weighted by Crippen LogP contribution is 2.20. The van der Waals surface area contributed by atoms with Crippen molar-refractivity contribution in [2.75, 3.05) is 25.5 Å². The number of hydrogen-bond donors (Lipinski definition) is 2. The molecule has 0 unspecified atom stereocenters. The van der Waals surface area contributed by atoms with Crippen molar-refractivity contribution in [3.8, 4) is 5.75 Å². The zero-order chi connectivity index (χ0) is 17.4. The number of methoxy groups -OCH3 is 1. The smallest absolute Gasteiger partial charge is 0.225 e. The lowest BCUT2D eigenvalue weighted by Gasteiger charge is -2.08. The molecule has 2 rings (SSSR count). The molecule has 0 saturated heterocycles. The summed E-state index contributed by atoms with van der Waals surface area (Å²) in [5, 5.41) is 6.79. The van der Waals surface area contributed by atoms with Gasteiger partial charge < -0.3 is 15.4 Å². The van der Waals surface area contributed by atoms with Gasteiger partial charge in [0.05, 0.1) is 7.11 Å². The van der Waals surface area contributed by atoms with Crippen molar-refractivity contribution in [3.05, 3.63) is 58.6 Å². The SMILES string of the molecule is COc1cccc(CCNCCC(=O)Nc2ccc(C)c(Cl)c2)c1. The van der Waals surface area contributed by atoms with Crippen molar-refractivity contribution in [1.82, 2.24) is 5.32 Å². The molecule has 0 atom stereocenters. The molecule has 0 saturated carbocycles. The summed E-state index contributed by atoms with van der Waals surface area (Å²) in [5.41, 5.74) is 2.93. The number of ether oxygens (including phenoxy) is 1. The van der Waals surface area contributed by atoms with Gasteiger partial charge in [-0.25, -0.2) is 0 Å². The minimum absolute atomic E-state index is 0.0243. The van der Waals surface area contributed by atoms with E-state index in [1.807, 2.05) is 37.3 Å². The lowest BCUT2D eigenvalue weighted by molar-refractivity contribution is -0.116. The molecule has 4 nitrogen and oxygen atoms in total. The van der Waals surface area contributed by atoms with Gasteiger partial charge in [-0.2, -0.15) is 0 Å². The van der Waals surface area contributed by atoms with Gasteiger partial charge in [-0.15, -0.1) is 0 Å². The van der Waals surface area contributed by atoms with Crippen molar-refractivity contribution in [2.24, 2.45) is 0 Å². The highest BCUT2D eigenvalue weighted by atomic mass is 35.5. The molecule has 0 bridgehead atoms. The summed E-state index contributed by atoms with van der Waals surface area (Å²) in [6, 6.07) is 13.5. The molecule has 0 aliphatic heterocycles. The monoisotopic (exact) mass is 346 g/mol. The Kier molecular flexibility index (Phi) is 7.09. The molecule has 2 aromatic rings. The Morgan fingerprint density at radius 3 is 2.75 bits per heavy atom. The van der Waals surface area contributed by atoms with Crippen molar-refractivity contribution >= 4 is 23.2 Å². The average molecular weight is 347 g/mol. The van der Waals surface area contributed by atoms with E-state index < -0.39 is 0 Å². The number of aryl methyl sites for hydroxylation is 1. The first kappa shape index (κ1) is 18.3. The molecule has 2 N–H and O–H groups in total. The number of hydrogen-bond acceptors (Lipinski definition) is 3. The third kappa shape index (κ3) is 5.87. The molecular formula is C19H23ClN2O2. The Morgan fingerprint density at radius 2 is 2.00 bits per heavy atom. The van der Waals surface area contributed by atoms with Crippen LogP contribution in [0.2, 0.25) is 5.02 Å². The van der Waals surface area contributed by atoms with E-state index in [1.165, 1.54) is 5.56 Å². The predicted octanol–water partition coefficient (Wildman–Crippen LogP) is 3.82. The highest BCUT2D eigenvalue weighted by Gasteiger charge is 2.04. The molecule has 0 spiro atoms. The maximum absolute atomic E-state index is 11.9. The first-order valence-corrected chi connectivity index (χ1v) is 8.36. The van der Waals surface area contributed by atoms with E-state index in [0.717, 1.165) is 30.0 Å². The summed E-state index contributed by atoms with van der Waals surface area (Å²) in [4.78, 5) is 11.9. The number of amides is 1. The number of nitrogens with one attached hydrogen (secondary N) is 2. The summed E-state index contributed by atoms with van der Waals surface area (Å²) in [6.07, 6.45) is 1.32. The number of rotatable bonds is 8. The second-order valence-electron chi connectivity index (χ2n) is 5.61. The van der Waals surface area contributed by atoms with Crippen LogP contribution in [0.15, 0.2) is 42.5 Å². The molecular weight excluding hydrogens is 324 g/mol. The van der Waals surface area contributed by atoms with E-state index >= 15 is 0 Å². The van der Waals surface area contributed by atoms with Crippen LogP contribution in [0.25, 0.3) is 0 Å². The average Bonchev–Trinajstić information content (AvgIpc) is 2.58. The fourth-order valence-electron chi connectivity index (χ4n) is 2.28. The van der Waals surface area contributed by atoms with Gasteiger partial charge in [0.15, 0.2) is 0 Å². The summed E-state index contributed by atoms with van der Waals surface area (Å²) in [7, 11) is 1.66. The molecule has 128 valence electrons. The topological polar surface area (TPSA) is 50.4 Å². The van der Waals surface area contributed by atoms with Crippen LogP contribution in [0.1, 0.15) is 17.5 Å². The fourth-order valence-corrected chi connectivity index (χ4v) is 2.46.